The minimum atomic E-state index is -0.989. The molecule has 1 N–H and O–H groups in total. The minimum absolute atomic E-state index is 0.119. The second kappa shape index (κ2) is 5.21. The van der Waals surface area contributed by atoms with Gasteiger partial charge in [0, 0.05) is 18.1 Å². The lowest BCUT2D eigenvalue weighted by molar-refractivity contribution is -0.141. The lowest BCUT2D eigenvalue weighted by Crippen LogP contribution is -2.41. The molecular formula is C13H15BrN2O3. The molecule has 2 rings (SSSR count). The third-order valence-corrected chi connectivity index (χ3v) is 3.94. The molecule has 1 fully saturated rings. The molecule has 0 aromatic heterocycles. The van der Waals surface area contributed by atoms with Crippen molar-refractivity contribution in [2.24, 2.45) is 0 Å². The fourth-order valence-electron chi connectivity index (χ4n) is 2.22. The van der Waals surface area contributed by atoms with Gasteiger partial charge in [0.15, 0.2) is 0 Å². The lowest BCUT2D eigenvalue weighted by atomic mass is 10.1. The fourth-order valence-corrected chi connectivity index (χ4v) is 2.64. The number of carbonyl (C=O) groups is 2. The van der Waals surface area contributed by atoms with Crippen molar-refractivity contribution in [2.45, 2.75) is 19.0 Å². The Labute approximate surface area is 119 Å². The first kappa shape index (κ1) is 13.9. The van der Waals surface area contributed by atoms with E-state index in [1.807, 2.05) is 24.3 Å². The summed E-state index contributed by atoms with van der Waals surface area (Å²) in [6.45, 7) is 1.91. The van der Waals surface area contributed by atoms with E-state index in [9.17, 15) is 9.59 Å². The molecular weight excluding hydrogens is 312 g/mol. The second-order valence-electron chi connectivity index (χ2n) is 4.63. The van der Waals surface area contributed by atoms with Crippen LogP contribution in [0.3, 0.4) is 0 Å². The Bertz CT molecular complexity index is 520. The number of rotatable bonds is 3. The first-order chi connectivity index (χ1) is 8.91. The summed E-state index contributed by atoms with van der Waals surface area (Å²) in [6, 6.07) is 6.52. The molecule has 102 valence electrons. The molecule has 1 heterocycles. The standard InChI is InChI=1S/C13H15BrN2O3/c1-8(12(17)18)16-7-11(15(2)13(16)19)9-4-3-5-10(14)6-9/h3-6,8,11H,7H2,1-2H3,(H,17,18). The maximum absolute atomic E-state index is 12.1. The molecule has 0 saturated carbocycles. The number of hydrogen-bond donors (Lipinski definition) is 1. The normalized spacial score (nSPS) is 20.8. The van der Waals surface area contributed by atoms with Crippen LogP contribution in [0.2, 0.25) is 0 Å². The predicted octanol–water partition coefficient (Wildman–Crippen LogP) is 2.33. The van der Waals surface area contributed by atoms with Gasteiger partial charge in [0.05, 0.1) is 6.04 Å². The van der Waals surface area contributed by atoms with Crippen molar-refractivity contribution in [1.82, 2.24) is 9.80 Å². The highest BCUT2D eigenvalue weighted by Crippen LogP contribution is 2.30. The van der Waals surface area contributed by atoms with Gasteiger partial charge in [-0.25, -0.2) is 9.59 Å². The van der Waals surface area contributed by atoms with Gasteiger partial charge >= 0.3 is 12.0 Å². The summed E-state index contributed by atoms with van der Waals surface area (Å²) in [7, 11) is 1.70. The monoisotopic (exact) mass is 326 g/mol. The van der Waals surface area contributed by atoms with Crippen LogP contribution in [-0.2, 0) is 4.79 Å². The average Bonchev–Trinajstić information content (AvgIpc) is 2.65. The number of carbonyl (C=O) groups excluding carboxylic acids is 1. The van der Waals surface area contributed by atoms with Gasteiger partial charge in [-0.1, -0.05) is 28.1 Å². The molecule has 2 atom stereocenters. The Kier molecular flexibility index (Phi) is 3.80. The van der Waals surface area contributed by atoms with Gasteiger partial charge in [0.25, 0.3) is 0 Å². The van der Waals surface area contributed by atoms with Crippen LogP contribution in [0, 0.1) is 0 Å². The van der Waals surface area contributed by atoms with E-state index in [1.165, 1.54) is 11.8 Å². The zero-order valence-corrected chi connectivity index (χ0v) is 12.3. The highest BCUT2D eigenvalue weighted by atomic mass is 79.9. The molecule has 1 aromatic carbocycles. The quantitative estimate of drug-likeness (QED) is 0.927. The molecule has 2 amide bonds. The molecule has 5 nitrogen and oxygen atoms in total. The van der Waals surface area contributed by atoms with Gasteiger partial charge in [0.1, 0.15) is 6.04 Å². The fraction of sp³-hybridized carbons (Fsp3) is 0.385. The predicted molar refractivity (Wildman–Crippen MR) is 73.8 cm³/mol. The van der Waals surface area contributed by atoms with Gasteiger partial charge in [-0.15, -0.1) is 0 Å². The summed E-state index contributed by atoms with van der Waals surface area (Å²) in [4.78, 5) is 26.1. The molecule has 0 spiro atoms. The Hall–Kier alpha value is -1.56. The van der Waals surface area contributed by atoms with E-state index in [-0.39, 0.29) is 12.1 Å². The molecule has 1 aliphatic heterocycles. The summed E-state index contributed by atoms with van der Waals surface area (Å²) in [5.74, 6) is -0.989. The molecule has 19 heavy (non-hydrogen) atoms. The number of carboxylic acid groups (broad SMARTS) is 1. The summed E-state index contributed by atoms with van der Waals surface area (Å²) in [5, 5.41) is 9.03. The largest absolute Gasteiger partial charge is 0.480 e. The number of halogens is 1. The van der Waals surface area contributed by atoms with Crippen LogP contribution in [0.25, 0.3) is 0 Å². The van der Waals surface area contributed by atoms with Crippen LogP contribution in [0.1, 0.15) is 18.5 Å². The van der Waals surface area contributed by atoms with E-state index in [4.69, 9.17) is 5.11 Å². The Morgan fingerprint density at radius 1 is 1.53 bits per heavy atom. The van der Waals surface area contributed by atoms with E-state index in [0.29, 0.717) is 6.54 Å². The first-order valence-electron chi connectivity index (χ1n) is 5.93. The minimum Gasteiger partial charge on any atom is -0.480 e. The number of aliphatic carboxylic acids is 1. The average molecular weight is 327 g/mol. The summed E-state index contributed by atoms with van der Waals surface area (Å²) in [5.41, 5.74) is 0.991. The SMILES string of the molecule is CC(C(=O)O)N1CC(c2cccc(Br)c2)N(C)C1=O. The van der Waals surface area contributed by atoms with Crippen LogP contribution in [0.5, 0.6) is 0 Å². The Morgan fingerprint density at radius 2 is 2.21 bits per heavy atom. The smallest absolute Gasteiger partial charge is 0.326 e. The number of carboxylic acids is 1. The molecule has 1 aromatic rings. The van der Waals surface area contributed by atoms with Crippen LogP contribution < -0.4 is 0 Å². The number of urea groups is 1. The number of amides is 2. The number of hydrogen-bond acceptors (Lipinski definition) is 2. The summed E-state index contributed by atoms with van der Waals surface area (Å²) < 4.78 is 0.940. The first-order valence-corrected chi connectivity index (χ1v) is 6.73. The second-order valence-corrected chi connectivity index (χ2v) is 5.55. The van der Waals surface area contributed by atoms with Crippen molar-refractivity contribution < 1.29 is 14.7 Å². The zero-order valence-electron chi connectivity index (χ0n) is 10.7. The number of likely N-dealkylation sites (N-methyl/N-ethyl adjacent to an activating group) is 1. The lowest BCUT2D eigenvalue weighted by Gasteiger charge is -2.19. The molecule has 1 aliphatic rings. The molecule has 0 aliphatic carbocycles. The summed E-state index contributed by atoms with van der Waals surface area (Å²) >= 11 is 3.40. The van der Waals surface area contributed by atoms with Crippen molar-refractivity contribution in [3.8, 4) is 0 Å². The van der Waals surface area contributed by atoms with E-state index >= 15 is 0 Å². The highest BCUT2D eigenvalue weighted by Gasteiger charge is 2.39. The zero-order chi connectivity index (χ0) is 14.2. The van der Waals surface area contributed by atoms with Crippen LogP contribution in [0.15, 0.2) is 28.7 Å². The van der Waals surface area contributed by atoms with E-state index in [1.54, 1.807) is 11.9 Å². The van der Waals surface area contributed by atoms with Crippen molar-refractivity contribution >= 4 is 27.9 Å². The van der Waals surface area contributed by atoms with Crippen molar-refractivity contribution in [1.29, 1.82) is 0 Å². The number of nitrogens with zero attached hydrogens (tertiary/aromatic N) is 2. The number of benzene rings is 1. The van der Waals surface area contributed by atoms with E-state index < -0.39 is 12.0 Å². The molecule has 0 radical (unpaired) electrons. The van der Waals surface area contributed by atoms with Crippen molar-refractivity contribution in [3.63, 3.8) is 0 Å². The van der Waals surface area contributed by atoms with E-state index in [0.717, 1.165) is 10.0 Å². The van der Waals surface area contributed by atoms with Gasteiger partial charge < -0.3 is 14.9 Å². The van der Waals surface area contributed by atoms with E-state index in [2.05, 4.69) is 15.9 Å². The maximum atomic E-state index is 12.1. The van der Waals surface area contributed by atoms with Gasteiger partial charge in [-0.3, -0.25) is 0 Å². The Morgan fingerprint density at radius 3 is 2.79 bits per heavy atom. The van der Waals surface area contributed by atoms with Crippen LogP contribution >= 0.6 is 15.9 Å². The third-order valence-electron chi connectivity index (χ3n) is 3.44. The van der Waals surface area contributed by atoms with Crippen molar-refractivity contribution in [3.05, 3.63) is 34.3 Å². The molecule has 1 saturated heterocycles. The third kappa shape index (κ3) is 2.58. The van der Waals surface area contributed by atoms with Crippen molar-refractivity contribution in [2.75, 3.05) is 13.6 Å². The topological polar surface area (TPSA) is 60.9 Å². The summed E-state index contributed by atoms with van der Waals surface area (Å²) in [6.07, 6.45) is 0. The van der Waals surface area contributed by atoms with Gasteiger partial charge in [0.2, 0.25) is 0 Å². The molecule has 6 heteroatoms. The molecule has 0 bridgehead atoms. The molecule has 2 unspecified atom stereocenters. The van der Waals surface area contributed by atoms with Gasteiger partial charge in [-0.2, -0.15) is 0 Å². The van der Waals surface area contributed by atoms with Gasteiger partial charge in [-0.05, 0) is 24.6 Å². The van der Waals surface area contributed by atoms with Crippen LogP contribution in [0.4, 0.5) is 4.79 Å². The van der Waals surface area contributed by atoms with Crippen LogP contribution in [-0.4, -0.2) is 46.5 Å². The maximum Gasteiger partial charge on any atom is 0.326 e. The highest BCUT2D eigenvalue weighted by molar-refractivity contribution is 9.10. The Balaban J connectivity index is 2.26.